The molecule has 3 aromatic carbocycles. The molecule has 2 atom stereocenters. The number of hydrogen-bond donors (Lipinski definition) is 1. The fraction of sp³-hybridized carbons (Fsp3) is 0.286. The molecule has 10 heteroatoms. The van der Waals surface area contributed by atoms with Crippen LogP contribution < -0.4 is 9.62 Å². The van der Waals surface area contributed by atoms with Gasteiger partial charge < -0.3 is 10.2 Å². The number of anilines is 1. The van der Waals surface area contributed by atoms with Gasteiger partial charge >= 0.3 is 0 Å². The predicted octanol–water partition coefficient (Wildman–Crippen LogP) is 4.49. The summed E-state index contributed by atoms with van der Waals surface area (Å²) in [6, 6.07) is 16.9. The predicted molar refractivity (Wildman–Crippen MR) is 142 cm³/mol. The Balaban J connectivity index is 2.02. The molecule has 0 spiro atoms. The number of nitrogens with zero attached hydrogens (tertiary/aromatic N) is 2. The molecule has 0 heterocycles. The van der Waals surface area contributed by atoms with E-state index in [0.29, 0.717) is 16.3 Å². The van der Waals surface area contributed by atoms with E-state index in [1.54, 1.807) is 6.07 Å². The largest absolute Gasteiger partial charge is 0.352 e. The van der Waals surface area contributed by atoms with E-state index in [9.17, 15) is 26.8 Å². The Hall–Kier alpha value is -3.79. The summed E-state index contributed by atoms with van der Waals surface area (Å²) in [4.78, 5) is 27.8. The van der Waals surface area contributed by atoms with Crippen molar-refractivity contribution in [1.29, 1.82) is 0 Å². The molecular formula is C28H31F2N3O4S. The minimum Gasteiger partial charge on any atom is -0.352 e. The molecule has 0 aliphatic heterocycles. The maximum Gasteiger partial charge on any atom is 0.264 e. The van der Waals surface area contributed by atoms with Gasteiger partial charge in [0, 0.05) is 12.6 Å². The second-order valence-corrected chi connectivity index (χ2v) is 10.8. The Labute approximate surface area is 222 Å². The van der Waals surface area contributed by atoms with Crippen molar-refractivity contribution in [3.63, 3.8) is 0 Å². The summed E-state index contributed by atoms with van der Waals surface area (Å²) in [6.45, 7) is 4.39. The van der Waals surface area contributed by atoms with Crippen molar-refractivity contribution in [2.24, 2.45) is 0 Å². The molecule has 1 N–H and O–H groups in total. The normalized spacial score (nSPS) is 12.9. The van der Waals surface area contributed by atoms with Crippen LogP contribution in [0.1, 0.15) is 32.8 Å². The summed E-state index contributed by atoms with van der Waals surface area (Å²) in [5.74, 6) is -2.46. The first-order valence-electron chi connectivity index (χ1n) is 12.2. The van der Waals surface area contributed by atoms with Crippen LogP contribution in [-0.2, 0) is 26.2 Å². The summed E-state index contributed by atoms with van der Waals surface area (Å²) in [5, 5.41) is 2.83. The minimum atomic E-state index is -4.36. The van der Waals surface area contributed by atoms with Crippen molar-refractivity contribution in [1.82, 2.24) is 10.2 Å². The third-order valence-corrected chi connectivity index (χ3v) is 7.94. The third-order valence-electron chi connectivity index (χ3n) is 6.17. The van der Waals surface area contributed by atoms with Crippen molar-refractivity contribution >= 4 is 27.5 Å². The van der Waals surface area contributed by atoms with Gasteiger partial charge in [-0.25, -0.2) is 17.2 Å². The van der Waals surface area contributed by atoms with E-state index in [-0.39, 0.29) is 23.2 Å². The molecule has 0 saturated carbocycles. The highest BCUT2D eigenvalue weighted by Gasteiger charge is 2.33. The Morgan fingerprint density at radius 3 is 2.11 bits per heavy atom. The van der Waals surface area contributed by atoms with Crippen LogP contribution in [0.15, 0.2) is 83.8 Å². The van der Waals surface area contributed by atoms with Gasteiger partial charge in [0.2, 0.25) is 11.8 Å². The quantitative estimate of drug-likeness (QED) is 0.386. The number of para-hydroxylation sites is 1. The second kappa shape index (κ2) is 12.6. The number of hydrogen-bond acceptors (Lipinski definition) is 4. The molecule has 0 aliphatic carbocycles. The SMILES string of the molecule is CC[C@@H](C)NC(=O)[C@H](C)N(Cc1ccc(F)cc1)C(=O)CN(c1ccccc1F)S(=O)(=O)c1ccccc1. The Morgan fingerprint density at radius 1 is 0.895 bits per heavy atom. The van der Waals surface area contributed by atoms with Gasteiger partial charge in [-0.2, -0.15) is 0 Å². The summed E-state index contributed by atoms with van der Waals surface area (Å²) in [7, 11) is -4.36. The number of sulfonamides is 1. The van der Waals surface area contributed by atoms with Crippen molar-refractivity contribution in [2.45, 2.75) is 50.7 Å². The molecule has 3 aromatic rings. The highest BCUT2D eigenvalue weighted by molar-refractivity contribution is 7.92. The smallest absolute Gasteiger partial charge is 0.264 e. The van der Waals surface area contributed by atoms with E-state index in [1.165, 1.54) is 78.6 Å². The van der Waals surface area contributed by atoms with Gasteiger partial charge in [-0.15, -0.1) is 0 Å². The van der Waals surface area contributed by atoms with E-state index in [2.05, 4.69) is 5.32 Å². The molecule has 3 rings (SSSR count). The van der Waals surface area contributed by atoms with E-state index in [1.807, 2.05) is 13.8 Å². The number of nitrogens with one attached hydrogen (secondary N) is 1. The lowest BCUT2D eigenvalue weighted by atomic mass is 10.1. The number of carbonyl (C=O) groups excluding carboxylic acids is 2. The van der Waals surface area contributed by atoms with Crippen LogP contribution in [0.2, 0.25) is 0 Å². The van der Waals surface area contributed by atoms with E-state index in [4.69, 9.17) is 0 Å². The number of benzene rings is 3. The third kappa shape index (κ3) is 6.95. The minimum absolute atomic E-state index is 0.0926. The highest BCUT2D eigenvalue weighted by atomic mass is 32.2. The van der Waals surface area contributed by atoms with Crippen LogP contribution in [0.3, 0.4) is 0 Å². The highest BCUT2D eigenvalue weighted by Crippen LogP contribution is 2.27. The molecule has 0 fully saturated rings. The van der Waals surface area contributed by atoms with E-state index in [0.717, 1.165) is 6.07 Å². The Kier molecular flexibility index (Phi) is 9.57. The molecule has 0 radical (unpaired) electrons. The average Bonchev–Trinajstić information content (AvgIpc) is 2.91. The molecule has 0 aromatic heterocycles. The van der Waals surface area contributed by atoms with Crippen molar-refractivity contribution < 1.29 is 26.8 Å². The Bertz CT molecular complexity index is 1350. The van der Waals surface area contributed by atoms with Crippen LogP contribution in [-0.4, -0.2) is 43.8 Å². The van der Waals surface area contributed by atoms with Crippen molar-refractivity contribution in [3.05, 3.63) is 96.1 Å². The molecule has 2 amide bonds. The maximum atomic E-state index is 14.9. The van der Waals surface area contributed by atoms with Gasteiger partial charge in [-0.3, -0.25) is 13.9 Å². The maximum absolute atomic E-state index is 14.9. The number of halogens is 2. The fourth-order valence-electron chi connectivity index (χ4n) is 3.72. The summed E-state index contributed by atoms with van der Waals surface area (Å²) in [6.07, 6.45) is 0.667. The Morgan fingerprint density at radius 2 is 1.50 bits per heavy atom. The topological polar surface area (TPSA) is 86.8 Å². The fourth-order valence-corrected chi connectivity index (χ4v) is 5.16. The summed E-state index contributed by atoms with van der Waals surface area (Å²) >= 11 is 0. The van der Waals surface area contributed by atoms with Gasteiger partial charge in [0.15, 0.2) is 0 Å². The van der Waals surface area contributed by atoms with Crippen molar-refractivity contribution in [3.8, 4) is 0 Å². The molecule has 0 saturated heterocycles. The number of amides is 2. The standard InChI is InChI=1S/C28H31F2N3O4S/c1-4-20(2)31-28(35)21(3)32(18-22-14-16-23(29)17-15-22)27(34)19-33(26-13-9-8-12-25(26)30)38(36,37)24-10-6-5-7-11-24/h5-17,20-21H,4,18-19H2,1-3H3,(H,31,35)/t20-,21+/m1/s1. The average molecular weight is 544 g/mol. The lowest BCUT2D eigenvalue weighted by molar-refractivity contribution is -0.139. The van der Waals surface area contributed by atoms with Gasteiger partial charge in [0.05, 0.1) is 10.6 Å². The molecule has 7 nitrogen and oxygen atoms in total. The lowest BCUT2D eigenvalue weighted by Gasteiger charge is -2.32. The molecule has 202 valence electrons. The van der Waals surface area contributed by atoms with Gasteiger partial charge in [0.1, 0.15) is 24.2 Å². The monoisotopic (exact) mass is 543 g/mol. The van der Waals surface area contributed by atoms with Gasteiger partial charge in [0.25, 0.3) is 10.0 Å². The zero-order valence-corrected chi connectivity index (χ0v) is 22.3. The molecule has 0 unspecified atom stereocenters. The van der Waals surface area contributed by atoms with Crippen LogP contribution in [0.4, 0.5) is 14.5 Å². The molecule has 38 heavy (non-hydrogen) atoms. The van der Waals surface area contributed by atoms with E-state index >= 15 is 0 Å². The van der Waals surface area contributed by atoms with Crippen LogP contribution in [0.25, 0.3) is 0 Å². The summed E-state index contributed by atoms with van der Waals surface area (Å²) < 4.78 is 56.2. The first kappa shape index (κ1) is 28.8. The first-order chi connectivity index (χ1) is 18.0. The lowest BCUT2D eigenvalue weighted by Crippen LogP contribution is -2.52. The zero-order chi connectivity index (χ0) is 27.9. The van der Waals surface area contributed by atoms with Crippen LogP contribution in [0, 0.1) is 11.6 Å². The first-order valence-corrected chi connectivity index (χ1v) is 13.6. The van der Waals surface area contributed by atoms with E-state index < -0.39 is 46.1 Å². The second-order valence-electron chi connectivity index (χ2n) is 8.92. The van der Waals surface area contributed by atoms with Gasteiger partial charge in [-0.1, -0.05) is 49.4 Å². The zero-order valence-electron chi connectivity index (χ0n) is 21.5. The molecular weight excluding hydrogens is 512 g/mol. The summed E-state index contributed by atoms with van der Waals surface area (Å²) in [5.41, 5.74) is 0.231. The van der Waals surface area contributed by atoms with Gasteiger partial charge in [-0.05, 0) is 62.2 Å². The van der Waals surface area contributed by atoms with Crippen LogP contribution >= 0.6 is 0 Å². The molecule has 0 aliphatic rings. The number of rotatable bonds is 11. The van der Waals surface area contributed by atoms with Crippen molar-refractivity contribution in [2.75, 3.05) is 10.8 Å². The molecule has 0 bridgehead atoms. The number of carbonyl (C=O) groups is 2. The van der Waals surface area contributed by atoms with Crippen LogP contribution in [0.5, 0.6) is 0 Å².